The van der Waals surface area contributed by atoms with Crippen LogP contribution in [0.2, 0.25) is 0 Å². The second kappa shape index (κ2) is 10.8. The summed E-state index contributed by atoms with van der Waals surface area (Å²) in [5, 5.41) is 13.7. The Bertz CT molecular complexity index is 1430. The molecule has 41 heavy (non-hydrogen) atoms. The second-order valence-electron chi connectivity index (χ2n) is 12.2. The number of hydrogen-bond donors (Lipinski definition) is 1. The number of hydrogen-bond acceptors (Lipinski definition) is 8. The lowest BCUT2D eigenvalue weighted by atomic mass is 9.69. The van der Waals surface area contributed by atoms with Crippen molar-refractivity contribution in [2.24, 2.45) is 5.92 Å². The molecule has 3 aliphatic heterocycles. The molecule has 1 aromatic carbocycles. The SMILES string of the molecule is COCOc1c(C)c(C)cc2c1[C@@H]1C3CC4=C(C(=O)C(C)=C(C)C4=O)[C@H](CNC(=O)C(C)C)N3[C@@H](C#N)[C@H](C2)N1C. The van der Waals surface area contributed by atoms with E-state index in [1.165, 1.54) is 0 Å². The molecule has 0 spiro atoms. The minimum Gasteiger partial charge on any atom is -0.467 e. The van der Waals surface area contributed by atoms with Crippen LogP contribution >= 0.6 is 0 Å². The predicted octanol–water partition coefficient (Wildman–Crippen LogP) is 3.09. The van der Waals surface area contributed by atoms with E-state index in [9.17, 15) is 19.6 Å². The number of aryl methyl sites for hydroxylation is 1. The van der Waals surface area contributed by atoms with Gasteiger partial charge in [-0.3, -0.25) is 24.2 Å². The predicted molar refractivity (Wildman–Crippen MR) is 153 cm³/mol. The Morgan fingerprint density at radius 2 is 1.80 bits per heavy atom. The van der Waals surface area contributed by atoms with Gasteiger partial charge in [0.1, 0.15) is 11.8 Å². The van der Waals surface area contributed by atoms with E-state index >= 15 is 0 Å². The molecule has 9 nitrogen and oxygen atoms in total. The Balaban J connectivity index is 1.72. The Kier molecular flexibility index (Phi) is 7.70. The summed E-state index contributed by atoms with van der Waals surface area (Å²) in [5.41, 5.74) is 6.13. The molecule has 0 aromatic heterocycles. The Morgan fingerprint density at radius 1 is 1.12 bits per heavy atom. The summed E-state index contributed by atoms with van der Waals surface area (Å²) in [6, 6.07) is 2.96. The minimum atomic E-state index is -0.606. The summed E-state index contributed by atoms with van der Waals surface area (Å²) in [7, 11) is 3.63. The number of rotatable bonds is 6. The van der Waals surface area contributed by atoms with Crippen LogP contribution in [0, 0.1) is 31.1 Å². The van der Waals surface area contributed by atoms with Crippen LogP contribution in [-0.4, -0.2) is 78.9 Å². The third kappa shape index (κ3) is 4.44. The maximum atomic E-state index is 13.8. The molecule has 5 rings (SSSR count). The molecule has 3 heterocycles. The normalized spacial score (nSPS) is 27.9. The molecule has 1 amide bonds. The van der Waals surface area contributed by atoms with E-state index in [1.807, 2.05) is 27.8 Å². The number of carbonyl (C=O) groups excluding carboxylic acids is 3. The van der Waals surface area contributed by atoms with Crippen LogP contribution in [0.15, 0.2) is 28.4 Å². The van der Waals surface area contributed by atoms with E-state index in [4.69, 9.17) is 9.47 Å². The number of piperazine rings is 1. The number of ketones is 2. The molecule has 2 bridgehead atoms. The molecular formula is C32H40N4O5. The molecule has 5 atom stereocenters. The van der Waals surface area contributed by atoms with Gasteiger partial charge in [-0.2, -0.15) is 5.26 Å². The van der Waals surface area contributed by atoms with Crippen molar-refractivity contribution in [3.63, 3.8) is 0 Å². The molecule has 0 radical (unpaired) electrons. The topological polar surface area (TPSA) is 112 Å². The summed E-state index contributed by atoms with van der Waals surface area (Å²) in [5.74, 6) is 0.0997. The number of ether oxygens (including phenoxy) is 2. The Labute approximate surface area is 242 Å². The third-order valence-electron chi connectivity index (χ3n) is 9.67. The largest absolute Gasteiger partial charge is 0.467 e. The second-order valence-corrected chi connectivity index (χ2v) is 12.2. The fraction of sp³-hybridized carbons (Fsp3) is 0.562. The zero-order valence-electron chi connectivity index (χ0n) is 25.3. The maximum Gasteiger partial charge on any atom is 0.222 e. The van der Waals surface area contributed by atoms with E-state index in [0.717, 1.165) is 28.0 Å². The molecule has 1 unspecified atom stereocenters. The number of amides is 1. The lowest BCUT2D eigenvalue weighted by Gasteiger charge is -2.60. The number of Topliss-reactive ketones (excluding diaryl/α,β-unsaturated/α-hetero) is 2. The van der Waals surface area contributed by atoms with Crippen LogP contribution in [0.5, 0.6) is 5.75 Å². The molecule has 218 valence electrons. The average Bonchev–Trinajstić information content (AvgIpc) is 2.94. The quantitative estimate of drug-likeness (QED) is 0.417. The van der Waals surface area contributed by atoms with Crippen LogP contribution in [-0.2, 0) is 25.5 Å². The van der Waals surface area contributed by atoms with Crippen molar-refractivity contribution in [1.82, 2.24) is 15.1 Å². The standard InChI is InChI=1S/C32H40N4O5/c1-15(2)32(39)34-13-25-27-21(29(37)18(5)19(6)30(27)38)11-23-28-26-20(9-16(3)17(4)31(26)41-14-40-8)10-22(35(28)7)24(12-33)36(23)25/h9,15,22-25,28H,10-11,13-14H2,1-8H3,(H,34,39)/t22-,23?,24-,25-,28-/m0/s1. The lowest BCUT2D eigenvalue weighted by Crippen LogP contribution is -2.71. The fourth-order valence-electron chi connectivity index (χ4n) is 7.26. The molecule has 1 fully saturated rings. The summed E-state index contributed by atoms with van der Waals surface area (Å²) >= 11 is 0. The van der Waals surface area contributed by atoms with E-state index < -0.39 is 12.1 Å². The van der Waals surface area contributed by atoms with E-state index in [-0.39, 0.29) is 54.9 Å². The molecule has 9 heteroatoms. The lowest BCUT2D eigenvalue weighted by molar-refractivity contribution is -0.125. The van der Waals surface area contributed by atoms with Crippen molar-refractivity contribution >= 4 is 17.5 Å². The number of methoxy groups -OCH3 is 1. The van der Waals surface area contributed by atoms with Crippen LogP contribution in [0.4, 0.5) is 0 Å². The van der Waals surface area contributed by atoms with Crippen LogP contribution in [0.25, 0.3) is 0 Å². The molecule has 1 aliphatic carbocycles. The summed E-state index contributed by atoms with van der Waals surface area (Å²) in [4.78, 5) is 44.7. The minimum absolute atomic E-state index is 0.0984. The highest BCUT2D eigenvalue weighted by atomic mass is 16.7. The van der Waals surface area contributed by atoms with Crippen LogP contribution < -0.4 is 10.1 Å². The van der Waals surface area contributed by atoms with E-state index in [1.54, 1.807) is 21.0 Å². The van der Waals surface area contributed by atoms with Gasteiger partial charge in [0.15, 0.2) is 18.4 Å². The first-order valence-corrected chi connectivity index (χ1v) is 14.4. The van der Waals surface area contributed by atoms with Crippen molar-refractivity contribution in [3.05, 3.63) is 50.6 Å². The Hall–Kier alpha value is -3.32. The van der Waals surface area contributed by atoms with Gasteiger partial charge < -0.3 is 14.8 Å². The van der Waals surface area contributed by atoms with Gasteiger partial charge in [0.25, 0.3) is 0 Å². The molecular weight excluding hydrogens is 520 g/mol. The number of allylic oxidation sites excluding steroid dienone is 2. The number of nitriles is 1. The van der Waals surface area contributed by atoms with Gasteiger partial charge in [0.2, 0.25) is 5.91 Å². The Morgan fingerprint density at radius 3 is 2.44 bits per heavy atom. The zero-order valence-corrected chi connectivity index (χ0v) is 25.3. The number of fused-ring (bicyclic) bond motifs is 6. The van der Waals surface area contributed by atoms with Gasteiger partial charge >= 0.3 is 0 Å². The number of benzene rings is 1. The average molecular weight is 561 g/mol. The highest BCUT2D eigenvalue weighted by Crippen LogP contribution is 2.52. The van der Waals surface area contributed by atoms with Crippen molar-refractivity contribution in [2.75, 3.05) is 27.5 Å². The number of nitrogens with zero attached hydrogens (tertiary/aromatic N) is 3. The van der Waals surface area contributed by atoms with Gasteiger partial charge in [-0.05, 0) is 64.3 Å². The molecule has 1 saturated heterocycles. The maximum absolute atomic E-state index is 13.8. The molecule has 1 aromatic rings. The molecule has 1 N–H and O–H groups in total. The smallest absolute Gasteiger partial charge is 0.222 e. The van der Waals surface area contributed by atoms with E-state index in [2.05, 4.69) is 34.2 Å². The zero-order chi connectivity index (χ0) is 29.9. The van der Waals surface area contributed by atoms with E-state index in [0.29, 0.717) is 35.1 Å². The molecule has 4 aliphatic rings. The summed E-state index contributed by atoms with van der Waals surface area (Å²) < 4.78 is 11.5. The van der Waals surface area contributed by atoms with Gasteiger partial charge in [0, 0.05) is 59.5 Å². The van der Waals surface area contributed by atoms with Crippen molar-refractivity contribution < 1.29 is 23.9 Å². The third-order valence-corrected chi connectivity index (χ3v) is 9.67. The fourth-order valence-corrected chi connectivity index (χ4v) is 7.26. The number of carbonyl (C=O) groups is 3. The van der Waals surface area contributed by atoms with Gasteiger partial charge in [-0.15, -0.1) is 0 Å². The molecule has 0 saturated carbocycles. The van der Waals surface area contributed by atoms with Crippen molar-refractivity contribution in [2.45, 2.75) is 84.6 Å². The number of nitrogens with one attached hydrogen (secondary N) is 1. The number of likely N-dealkylation sites (N-methyl/N-ethyl adjacent to an activating group) is 1. The van der Waals surface area contributed by atoms with Gasteiger partial charge in [-0.25, -0.2) is 0 Å². The van der Waals surface area contributed by atoms with Crippen molar-refractivity contribution in [1.29, 1.82) is 5.26 Å². The first-order chi connectivity index (χ1) is 19.4. The monoisotopic (exact) mass is 560 g/mol. The summed E-state index contributed by atoms with van der Waals surface area (Å²) in [6.45, 7) is 11.4. The van der Waals surface area contributed by atoms with Gasteiger partial charge in [-0.1, -0.05) is 19.9 Å². The first kappa shape index (κ1) is 29.2. The highest BCUT2D eigenvalue weighted by Gasteiger charge is 2.57. The van der Waals surface area contributed by atoms with Gasteiger partial charge in [0.05, 0.1) is 18.2 Å². The van der Waals surface area contributed by atoms with Crippen LogP contribution in [0.3, 0.4) is 0 Å². The first-order valence-electron chi connectivity index (χ1n) is 14.4. The highest BCUT2D eigenvalue weighted by molar-refractivity contribution is 6.25. The van der Waals surface area contributed by atoms with Crippen molar-refractivity contribution in [3.8, 4) is 11.8 Å². The summed E-state index contributed by atoms with van der Waals surface area (Å²) in [6.07, 6.45) is 0.964. The van der Waals surface area contributed by atoms with Crippen LogP contribution in [0.1, 0.15) is 62.4 Å².